The van der Waals surface area contributed by atoms with E-state index in [1.807, 2.05) is 0 Å². The Kier molecular flexibility index (Phi) is 4.67. The number of nitro groups is 1. The number of benzene rings is 2. The van der Waals surface area contributed by atoms with E-state index >= 15 is 0 Å². The lowest BCUT2D eigenvalue weighted by molar-refractivity contribution is -0.384. The van der Waals surface area contributed by atoms with Gasteiger partial charge in [-0.2, -0.15) is 23.3 Å². The molecule has 2 aromatic rings. The number of amides is 1. The second-order valence-corrected chi connectivity index (χ2v) is 6.33. The molecule has 0 fully saturated rings. The minimum Gasteiger partial charge on any atom is -0.362 e. The molecule has 3 rings (SSSR count). The topological polar surface area (TPSA) is 96.0 Å². The highest BCUT2D eigenvalue weighted by molar-refractivity contribution is 6.05. The first-order chi connectivity index (χ1) is 13.0. The minimum atomic E-state index is -5.20. The van der Waals surface area contributed by atoms with Crippen LogP contribution in [0, 0.1) is 17.0 Å². The third-order valence-corrected chi connectivity index (χ3v) is 4.29. The van der Waals surface area contributed by atoms with Gasteiger partial charge in [-0.15, -0.1) is 0 Å². The lowest BCUT2D eigenvalue weighted by atomic mass is 10.00. The largest absolute Gasteiger partial charge is 0.438 e. The van der Waals surface area contributed by atoms with Gasteiger partial charge in [0.1, 0.15) is 0 Å². The first kappa shape index (κ1) is 19.5. The number of rotatable bonds is 3. The number of halogens is 3. The van der Waals surface area contributed by atoms with Gasteiger partial charge in [0.05, 0.1) is 17.1 Å². The molecule has 10 heteroatoms. The van der Waals surface area contributed by atoms with Gasteiger partial charge in [-0.05, 0) is 19.1 Å². The maximum Gasteiger partial charge on any atom is 0.438 e. The van der Waals surface area contributed by atoms with Gasteiger partial charge in [-0.1, -0.05) is 29.8 Å². The highest BCUT2D eigenvalue weighted by atomic mass is 19.4. The molecule has 1 amide bonds. The van der Waals surface area contributed by atoms with Crippen LogP contribution < -0.4 is 0 Å². The molecule has 0 saturated carbocycles. The summed E-state index contributed by atoms with van der Waals surface area (Å²) in [5, 5.41) is 24.9. The summed E-state index contributed by atoms with van der Waals surface area (Å²) in [6.07, 6.45) is -6.24. The van der Waals surface area contributed by atoms with Gasteiger partial charge < -0.3 is 5.11 Å². The normalized spacial score (nSPS) is 19.5. The molecule has 2 aromatic carbocycles. The fourth-order valence-electron chi connectivity index (χ4n) is 2.84. The van der Waals surface area contributed by atoms with Crippen molar-refractivity contribution in [2.45, 2.75) is 25.2 Å². The van der Waals surface area contributed by atoms with E-state index in [1.54, 1.807) is 13.0 Å². The zero-order valence-electron chi connectivity index (χ0n) is 14.5. The molecule has 0 aliphatic carbocycles. The van der Waals surface area contributed by atoms with Gasteiger partial charge in [0.2, 0.25) is 0 Å². The fraction of sp³-hybridized carbons (Fsp3) is 0.222. The van der Waals surface area contributed by atoms with Crippen LogP contribution in [0.1, 0.15) is 27.9 Å². The Morgan fingerprint density at radius 2 is 1.93 bits per heavy atom. The van der Waals surface area contributed by atoms with Crippen LogP contribution in [0.25, 0.3) is 0 Å². The van der Waals surface area contributed by atoms with Crippen molar-refractivity contribution in [3.05, 3.63) is 75.3 Å². The first-order valence-electron chi connectivity index (χ1n) is 8.05. The molecular weight excluding hydrogens is 379 g/mol. The van der Waals surface area contributed by atoms with Crippen molar-refractivity contribution < 1.29 is 28.0 Å². The van der Waals surface area contributed by atoms with E-state index < -0.39 is 29.2 Å². The molecule has 1 aliphatic rings. The summed E-state index contributed by atoms with van der Waals surface area (Å²) in [6.45, 7) is 1.66. The molecular formula is C18H14F3N3O4. The lowest BCUT2D eigenvalue weighted by Crippen LogP contribution is -2.56. The predicted octanol–water partition coefficient (Wildman–Crippen LogP) is 3.40. The Morgan fingerprint density at radius 1 is 1.25 bits per heavy atom. The Labute approximate surface area is 156 Å². The summed E-state index contributed by atoms with van der Waals surface area (Å²) in [5.41, 5.74) is -3.62. The molecule has 1 aliphatic heterocycles. The highest BCUT2D eigenvalue weighted by Gasteiger charge is 2.63. The Morgan fingerprint density at radius 3 is 2.54 bits per heavy atom. The van der Waals surface area contributed by atoms with Crippen molar-refractivity contribution in [2.24, 2.45) is 5.10 Å². The Hall–Kier alpha value is -3.27. The number of carbonyl (C=O) groups excluding carboxylic acids is 1. The highest BCUT2D eigenvalue weighted by Crippen LogP contribution is 2.42. The summed E-state index contributed by atoms with van der Waals surface area (Å²) in [6, 6.07) is 10.7. The van der Waals surface area contributed by atoms with E-state index in [9.17, 15) is 33.2 Å². The molecule has 1 atom stereocenters. The molecule has 146 valence electrons. The summed E-state index contributed by atoms with van der Waals surface area (Å²) in [7, 11) is 0. The summed E-state index contributed by atoms with van der Waals surface area (Å²) in [4.78, 5) is 22.9. The van der Waals surface area contributed by atoms with Crippen molar-refractivity contribution in [1.82, 2.24) is 5.01 Å². The van der Waals surface area contributed by atoms with Gasteiger partial charge in [-0.25, -0.2) is 0 Å². The summed E-state index contributed by atoms with van der Waals surface area (Å²) < 4.78 is 40.9. The van der Waals surface area contributed by atoms with E-state index in [-0.39, 0.29) is 27.5 Å². The van der Waals surface area contributed by atoms with Crippen LogP contribution >= 0.6 is 0 Å². The molecule has 0 saturated heterocycles. The number of hydrogen-bond acceptors (Lipinski definition) is 5. The van der Waals surface area contributed by atoms with Crippen LogP contribution in [-0.4, -0.2) is 38.6 Å². The van der Waals surface area contributed by atoms with E-state index in [4.69, 9.17) is 0 Å². The number of aliphatic hydroxyl groups is 1. The number of non-ortho nitro benzene ring substituents is 1. The number of hydrogen-bond donors (Lipinski definition) is 1. The lowest BCUT2D eigenvalue weighted by Gasteiger charge is -2.32. The molecule has 7 nitrogen and oxygen atoms in total. The monoisotopic (exact) mass is 393 g/mol. The fourth-order valence-corrected chi connectivity index (χ4v) is 2.84. The van der Waals surface area contributed by atoms with Crippen molar-refractivity contribution in [2.75, 3.05) is 0 Å². The standard InChI is InChI=1S/C18H14F3N3O4/c1-11-4-2-6-13(8-11)16(25)23-17(26,18(19,20)21)10-15(22-23)12-5-3-7-14(9-12)24(27)28/h2-9,26H,10H2,1H3/t17-/m0/s1. The molecule has 0 aromatic heterocycles. The maximum absolute atomic E-state index is 13.6. The number of alkyl halides is 3. The van der Waals surface area contributed by atoms with E-state index in [2.05, 4.69) is 5.10 Å². The summed E-state index contributed by atoms with van der Waals surface area (Å²) in [5.74, 6) is -1.14. The Balaban J connectivity index is 2.07. The van der Waals surface area contributed by atoms with Crippen LogP contribution in [0.5, 0.6) is 0 Å². The SMILES string of the molecule is Cc1cccc(C(=O)N2N=C(c3cccc([N+](=O)[O-])c3)C[C@]2(O)C(F)(F)F)c1. The van der Waals surface area contributed by atoms with E-state index in [0.717, 1.165) is 6.07 Å². The van der Waals surface area contributed by atoms with Crippen molar-refractivity contribution in [1.29, 1.82) is 0 Å². The van der Waals surface area contributed by atoms with Gasteiger partial charge >= 0.3 is 6.18 Å². The van der Waals surface area contributed by atoms with Crippen molar-refractivity contribution in [3.8, 4) is 0 Å². The number of nitrogens with zero attached hydrogens (tertiary/aromatic N) is 3. The van der Waals surface area contributed by atoms with Gasteiger partial charge in [0, 0.05) is 23.3 Å². The van der Waals surface area contributed by atoms with Crippen LogP contribution in [0.3, 0.4) is 0 Å². The molecule has 28 heavy (non-hydrogen) atoms. The van der Waals surface area contributed by atoms with Gasteiger partial charge in [-0.3, -0.25) is 14.9 Å². The maximum atomic E-state index is 13.6. The molecule has 0 unspecified atom stereocenters. The molecule has 1 N–H and O–H groups in total. The number of carbonyl (C=O) groups is 1. The van der Waals surface area contributed by atoms with Crippen LogP contribution in [0.4, 0.5) is 18.9 Å². The number of aryl methyl sites for hydroxylation is 1. The third-order valence-electron chi connectivity index (χ3n) is 4.29. The van der Waals surface area contributed by atoms with Gasteiger partial charge in [0.15, 0.2) is 0 Å². The van der Waals surface area contributed by atoms with E-state index in [0.29, 0.717) is 5.56 Å². The number of nitro benzene ring substituents is 1. The quantitative estimate of drug-likeness (QED) is 0.639. The summed E-state index contributed by atoms with van der Waals surface area (Å²) >= 11 is 0. The van der Waals surface area contributed by atoms with Gasteiger partial charge in [0.25, 0.3) is 17.3 Å². The zero-order valence-corrected chi connectivity index (χ0v) is 14.5. The van der Waals surface area contributed by atoms with Crippen molar-refractivity contribution in [3.63, 3.8) is 0 Å². The van der Waals surface area contributed by atoms with Crippen molar-refractivity contribution >= 4 is 17.3 Å². The second-order valence-electron chi connectivity index (χ2n) is 6.33. The van der Waals surface area contributed by atoms with Crippen LogP contribution in [0.15, 0.2) is 53.6 Å². The minimum absolute atomic E-state index is 0.00403. The first-order valence-corrected chi connectivity index (χ1v) is 8.05. The average Bonchev–Trinajstić information content (AvgIpc) is 3.00. The number of hydrazone groups is 1. The third kappa shape index (κ3) is 3.33. The average molecular weight is 393 g/mol. The molecule has 0 radical (unpaired) electrons. The molecule has 0 spiro atoms. The van der Waals surface area contributed by atoms with E-state index in [1.165, 1.54) is 36.4 Å². The molecule has 1 heterocycles. The molecule has 0 bridgehead atoms. The Bertz CT molecular complexity index is 990. The smallest absolute Gasteiger partial charge is 0.362 e. The van der Waals surface area contributed by atoms with Crippen LogP contribution in [0.2, 0.25) is 0 Å². The second kappa shape index (κ2) is 6.71. The van der Waals surface area contributed by atoms with Crippen LogP contribution in [-0.2, 0) is 0 Å². The predicted molar refractivity (Wildman–Crippen MR) is 92.6 cm³/mol. The zero-order chi connectivity index (χ0) is 20.7.